The molecule has 0 saturated heterocycles. The Labute approximate surface area is 125 Å². The number of nitrogens with one attached hydrogen (secondary N) is 1. The van der Waals surface area contributed by atoms with E-state index >= 15 is 0 Å². The summed E-state index contributed by atoms with van der Waals surface area (Å²) in [5, 5.41) is 11.4. The lowest BCUT2D eigenvalue weighted by atomic mass is 10.0. The second-order valence-corrected chi connectivity index (χ2v) is 4.98. The van der Waals surface area contributed by atoms with Gasteiger partial charge in [0.2, 0.25) is 0 Å². The van der Waals surface area contributed by atoms with E-state index in [1.165, 1.54) is 6.08 Å². The highest BCUT2D eigenvalue weighted by molar-refractivity contribution is 9.10. The molecule has 1 rings (SSSR count). The normalized spacial score (nSPS) is 11.4. The molecular weight excluding hydrogens is 326 g/mol. The summed E-state index contributed by atoms with van der Waals surface area (Å²) in [5.74, 6) is -0.980. The second-order valence-electron chi connectivity index (χ2n) is 4.12. The van der Waals surface area contributed by atoms with Crippen LogP contribution in [0, 0.1) is 0 Å². The highest BCUT2D eigenvalue weighted by Crippen LogP contribution is 2.18. The molecule has 0 aliphatic carbocycles. The minimum Gasteiger partial charge on any atom is -0.481 e. The van der Waals surface area contributed by atoms with Gasteiger partial charge in [-0.05, 0) is 18.1 Å². The number of halogens is 1. The third kappa shape index (κ3) is 5.88. The molecule has 0 heterocycles. The monoisotopic (exact) mass is 341 g/mol. The van der Waals surface area contributed by atoms with Crippen LogP contribution < -0.4 is 5.32 Å². The number of alkyl carbamates (subject to hydrolysis) is 1. The number of carbonyl (C=O) groups is 2. The Bertz CT molecular complexity index is 490. The fourth-order valence-electron chi connectivity index (χ4n) is 1.66. The van der Waals surface area contributed by atoms with Crippen molar-refractivity contribution in [2.75, 3.05) is 6.61 Å². The molecule has 0 unspecified atom stereocenters. The summed E-state index contributed by atoms with van der Waals surface area (Å²) in [6.07, 6.45) is 1.02. The number of hydrogen-bond acceptors (Lipinski definition) is 3. The minimum absolute atomic E-state index is 0.0840. The van der Waals surface area contributed by atoms with E-state index in [9.17, 15) is 9.59 Å². The van der Waals surface area contributed by atoms with E-state index in [4.69, 9.17) is 9.84 Å². The van der Waals surface area contributed by atoms with Gasteiger partial charge in [0, 0.05) is 10.5 Å². The van der Waals surface area contributed by atoms with Crippen LogP contribution in [0.25, 0.3) is 0 Å². The summed E-state index contributed by atoms with van der Waals surface area (Å²) in [6, 6.07) is 6.92. The third-order valence-corrected chi connectivity index (χ3v) is 3.27. The molecule has 108 valence electrons. The van der Waals surface area contributed by atoms with Crippen LogP contribution >= 0.6 is 15.9 Å². The number of carboxylic acid groups (broad SMARTS) is 1. The van der Waals surface area contributed by atoms with Gasteiger partial charge < -0.3 is 15.2 Å². The van der Waals surface area contributed by atoms with Gasteiger partial charge in [0.15, 0.2) is 0 Å². The SMILES string of the molecule is C=CCOC(=O)N[C@@H](CC(=O)O)Cc1ccccc1Br. The van der Waals surface area contributed by atoms with Gasteiger partial charge in [0.05, 0.1) is 6.42 Å². The molecule has 0 aromatic heterocycles. The predicted molar refractivity (Wildman–Crippen MR) is 78.6 cm³/mol. The van der Waals surface area contributed by atoms with Gasteiger partial charge in [-0.15, -0.1) is 0 Å². The van der Waals surface area contributed by atoms with Crippen LogP contribution in [0.15, 0.2) is 41.4 Å². The molecule has 1 aromatic carbocycles. The van der Waals surface area contributed by atoms with Gasteiger partial charge in [0.1, 0.15) is 6.61 Å². The summed E-state index contributed by atoms with van der Waals surface area (Å²) in [7, 11) is 0. The van der Waals surface area contributed by atoms with Crippen LogP contribution in [0.2, 0.25) is 0 Å². The molecule has 1 atom stereocenters. The highest BCUT2D eigenvalue weighted by Gasteiger charge is 2.18. The van der Waals surface area contributed by atoms with Gasteiger partial charge in [-0.3, -0.25) is 4.79 Å². The van der Waals surface area contributed by atoms with E-state index in [-0.39, 0.29) is 13.0 Å². The number of benzene rings is 1. The Kier molecular flexibility index (Phi) is 6.79. The second kappa shape index (κ2) is 8.37. The quantitative estimate of drug-likeness (QED) is 0.747. The standard InChI is InChI=1S/C14H16BrNO4/c1-2-7-20-14(19)16-11(9-13(17)18)8-10-5-3-4-6-12(10)15/h2-6,11H,1,7-9H2,(H,16,19)(H,17,18)/t11-/m1/s1. The summed E-state index contributed by atoms with van der Waals surface area (Å²) in [4.78, 5) is 22.3. The van der Waals surface area contributed by atoms with E-state index in [1.807, 2.05) is 24.3 Å². The molecule has 0 aliphatic heterocycles. The zero-order valence-electron chi connectivity index (χ0n) is 10.8. The summed E-state index contributed by atoms with van der Waals surface area (Å²) < 4.78 is 5.67. The van der Waals surface area contributed by atoms with Crippen molar-refractivity contribution in [1.29, 1.82) is 0 Å². The highest BCUT2D eigenvalue weighted by atomic mass is 79.9. The Morgan fingerprint density at radius 1 is 1.45 bits per heavy atom. The van der Waals surface area contributed by atoms with Crippen LogP contribution in [0.1, 0.15) is 12.0 Å². The minimum atomic E-state index is -0.980. The first-order chi connectivity index (χ1) is 9.52. The summed E-state index contributed by atoms with van der Waals surface area (Å²) in [5.41, 5.74) is 0.919. The Morgan fingerprint density at radius 3 is 2.75 bits per heavy atom. The smallest absolute Gasteiger partial charge is 0.407 e. The van der Waals surface area contributed by atoms with Crippen molar-refractivity contribution >= 4 is 28.0 Å². The molecule has 1 amide bonds. The Balaban J connectivity index is 2.69. The van der Waals surface area contributed by atoms with Crippen LogP contribution in [-0.4, -0.2) is 29.8 Å². The van der Waals surface area contributed by atoms with Crippen molar-refractivity contribution in [1.82, 2.24) is 5.32 Å². The average molecular weight is 342 g/mol. The molecular formula is C14H16BrNO4. The van der Waals surface area contributed by atoms with Crippen molar-refractivity contribution < 1.29 is 19.4 Å². The van der Waals surface area contributed by atoms with Crippen LogP contribution in [0.3, 0.4) is 0 Å². The average Bonchev–Trinajstić information content (AvgIpc) is 2.38. The lowest BCUT2D eigenvalue weighted by Crippen LogP contribution is -2.38. The van der Waals surface area contributed by atoms with Crippen molar-refractivity contribution in [2.45, 2.75) is 18.9 Å². The molecule has 1 aromatic rings. The Morgan fingerprint density at radius 2 is 2.15 bits per heavy atom. The number of aliphatic carboxylic acids is 1. The number of carbonyl (C=O) groups excluding carboxylic acids is 1. The first-order valence-electron chi connectivity index (χ1n) is 6.02. The maximum Gasteiger partial charge on any atom is 0.407 e. The largest absolute Gasteiger partial charge is 0.481 e. The van der Waals surface area contributed by atoms with Crippen molar-refractivity contribution in [3.8, 4) is 0 Å². The van der Waals surface area contributed by atoms with Crippen molar-refractivity contribution in [3.63, 3.8) is 0 Å². The topological polar surface area (TPSA) is 75.6 Å². The zero-order valence-corrected chi connectivity index (χ0v) is 12.4. The van der Waals surface area contributed by atoms with Crippen LogP contribution in [-0.2, 0) is 16.0 Å². The van der Waals surface area contributed by atoms with Gasteiger partial charge in [-0.25, -0.2) is 4.79 Å². The van der Waals surface area contributed by atoms with Gasteiger partial charge >= 0.3 is 12.1 Å². The lowest BCUT2D eigenvalue weighted by molar-refractivity contribution is -0.137. The van der Waals surface area contributed by atoms with Gasteiger partial charge in [-0.1, -0.05) is 46.8 Å². The maximum atomic E-state index is 11.5. The molecule has 0 aliphatic rings. The number of ether oxygens (including phenoxy) is 1. The predicted octanol–water partition coefficient (Wildman–Crippen LogP) is 2.75. The van der Waals surface area contributed by atoms with E-state index in [0.717, 1.165) is 10.0 Å². The van der Waals surface area contributed by atoms with Gasteiger partial charge in [0.25, 0.3) is 0 Å². The molecule has 0 radical (unpaired) electrons. The maximum absolute atomic E-state index is 11.5. The third-order valence-electron chi connectivity index (χ3n) is 2.50. The van der Waals surface area contributed by atoms with E-state index < -0.39 is 18.1 Å². The molecule has 2 N–H and O–H groups in total. The lowest BCUT2D eigenvalue weighted by Gasteiger charge is -2.17. The van der Waals surface area contributed by atoms with Crippen molar-refractivity contribution in [3.05, 3.63) is 47.0 Å². The first-order valence-corrected chi connectivity index (χ1v) is 6.81. The van der Waals surface area contributed by atoms with Gasteiger partial charge in [-0.2, -0.15) is 0 Å². The molecule has 0 spiro atoms. The molecule has 5 nitrogen and oxygen atoms in total. The first kappa shape index (κ1) is 16.2. The summed E-state index contributed by atoms with van der Waals surface area (Å²) in [6.45, 7) is 3.52. The summed E-state index contributed by atoms with van der Waals surface area (Å²) >= 11 is 3.39. The number of amides is 1. The molecule has 0 bridgehead atoms. The van der Waals surface area contributed by atoms with E-state index in [0.29, 0.717) is 6.42 Å². The van der Waals surface area contributed by atoms with Crippen LogP contribution in [0.5, 0.6) is 0 Å². The molecule has 6 heteroatoms. The fourth-order valence-corrected chi connectivity index (χ4v) is 2.10. The van der Waals surface area contributed by atoms with E-state index in [1.54, 1.807) is 0 Å². The number of carboxylic acids is 1. The Hall–Kier alpha value is -1.82. The zero-order chi connectivity index (χ0) is 15.0. The van der Waals surface area contributed by atoms with Crippen molar-refractivity contribution in [2.24, 2.45) is 0 Å². The number of rotatable bonds is 7. The van der Waals surface area contributed by atoms with Crippen LogP contribution in [0.4, 0.5) is 4.79 Å². The fraction of sp³-hybridized carbons (Fsp3) is 0.286. The molecule has 0 saturated carbocycles. The molecule has 20 heavy (non-hydrogen) atoms. The van der Waals surface area contributed by atoms with E-state index in [2.05, 4.69) is 27.8 Å². The molecule has 0 fully saturated rings. The number of hydrogen-bond donors (Lipinski definition) is 2.